The van der Waals surface area contributed by atoms with Crippen LogP contribution in [0.15, 0.2) is 15.8 Å². The Kier molecular flexibility index (Phi) is 5.42. The molecule has 0 saturated heterocycles. The molecule has 19 heavy (non-hydrogen) atoms. The molecule has 2 rings (SSSR count). The van der Waals surface area contributed by atoms with Gasteiger partial charge in [0.2, 0.25) is 11.0 Å². The van der Waals surface area contributed by atoms with Gasteiger partial charge in [-0.3, -0.25) is 9.89 Å². The highest BCUT2D eigenvalue weighted by Gasteiger charge is 2.06. The normalized spacial score (nSPS) is 10.5. The van der Waals surface area contributed by atoms with Crippen molar-refractivity contribution in [2.45, 2.75) is 9.50 Å². The maximum Gasteiger partial charge on any atom is 0.230 e. The summed E-state index contributed by atoms with van der Waals surface area (Å²) < 4.78 is 0.698. The van der Waals surface area contributed by atoms with E-state index >= 15 is 0 Å². The van der Waals surface area contributed by atoms with Gasteiger partial charge < -0.3 is 11.1 Å². The minimum Gasteiger partial charge on any atom is -0.374 e. The lowest BCUT2D eigenvalue weighted by Gasteiger charge is -2.02. The Morgan fingerprint density at radius 2 is 2.37 bits per heavy atom. The fourth-order valence-corrected chi connectivity index (χ4v) is 3.16. The average molecular weight is 317 g/mol. The van der Waals surface area contributed by atoms with Crippen LogP contribution in [0.2, 0.25) is 0 Å². The van der Waals surface area contributed by atoms with Crippen molar-refractivity contribution in [2.24, 2.45) is 0 Å². The van der Waals surface area contributed by atoms with Crippen LogP contribution in [0.5, 0.6) is 0 Å². The number of rotatable bonds is 7. The summed E-state index contributed by atoms with van der Waals surface area (Å²) in [7, 11) is 0. The van der Waals surface area contributed by atoms with E-state index in [0.717, 1.165) is 10.9 Å². The number of nitrogens with two attached hydrogens (primary N) is 1. The molecular weight excluding hydrogens is 306 g/mol. The Balaban J connectivity index is 1.57. The van der Waals surface area contributed by atoms with E-state index in [1.165, 1.54) is 41.2 Å². The number of carbonyl (C=O) groups is 1. The molecule has 2 aromatic rings. The first-order chi connectivity index (χ1) is 9.24. The van der Waals surface area contributed by atoms with Gasteiger partial charge >= 0.3 is 0 Å². The van der Waals surface area contributed by atoms with Crippen LogP contribution in [-0.4, -0.2) is 49.3 Å². The molecule has 0 aliphatic heterocycles. The zero-order chi connectivity index (χ0) is 13.5. The molecule has 8 nitrogen and oxygen atoms in total. The molecule has 0 fully saturated rings. The second-order valence-electron chi connectivity index (χ2n) is 3.18. The second-order valence-corrected chi connectivity index (χ2v) is 6.50. The fraction of sp³-hybridized carbons (Fsp3) is 0.375. The van der Waals surface area contributed by atoms with Crippen molar-refractivity contribution in [3.05, 3.63) is 6.33 Å². The van der Waals surface area contributed by atoms with E-state index in [0.29, 0.717) is 21.8 Å². The number of hydrogen-bond donors (Lipinski definition) is 3. The van der Waals surface area contributed by atoms with Gasteiger partial charge in [0.1, 0.15) is 6.33 Å². The number of hydrogen-bond acceptors (Lipinski definition) is 9. The molecule has 0 unspecified atom stereocenters. The quantitative estimate of drug-likeness (QED) is 0.490. The summed E-state index contributed by atoms with van der Waals surface area (Å²) in [4.78, 5) is 15.5. The number of nitrogens with one attached hydrogen (secondary N) is 2. The predicted octanol–water partition coefficient (Wildman–Crippen LogP) is 0.239. The molecule has 0 atom stereocenters. The lowest BCUT2D eigenvalue weighted by Crippen LogP contribution is -2.27. The SMILES string of the molecule is Nc1nnc(SCC(=O)NCCSc2ncn[nH]2)s1. The van der Waals surface area contributed by atoms with Crippen molar-refractivity contribution < 1.29 is 4.79 Å². The van der Waals surface area contributed by atoms with Gasteiger partial charge in [0.05, 0.1) is 5.75 Å². The third-order valence-corrected chi connectivity index (χ3v) is 4.57. The molecule has 102 valence electrons. The van der Waals surface area contributed by atoms with Gasteiger partial charge in [-0.25, -0.2) is 4.98 Å². The minimum atomic E-state index is -0.0445. The molecule has 2 aromatic heterocycles. The Labute approximate surface area is 121 Å². The molecule has 0 spiro atoms. The van der Waals surface area contributed by atoms with Crippen LogP contribution in [0, 0.1) is 0 Å². The van der Waals surface area contributed by atoms with E-state index in [1.54, 1.807) is 0 Å². The Morgan fingerprint density at radius 1 is 1.47 bits per heavy atom. The van der Waals surface area contributed by atoms with Crippen LogP contribution in [0.1, 0.15) is 0 Å². The number of aromatic nitrogens is 5. The molecule has 0 aliphatic carbocycles. The number of H-pyrrole nitrogens is 1. The lowest BCUT2D eigenvalue weighted by atomic mass is 10.6. The molecule has 2 heterocycles. The van der Waals surface area contributed by atoms with E-state index in [9.17, 15) is 4.79 Å². The number of thioether (sulfide) groups is 2. The van der Waals surface area contributed by atoms with E-state index in [4.69, 9.17) is 5.73 Å². The second kappa shape index (κ2) is 7.31. The van der Waals surface area contributed by atoms with Gasteiger partial charge in [-0.15, -0.1) is 10.2 Å². The molecule has 0 aromatic carbocycles. The van der Waals surface area contributed by atoms with Crippen LogP contribution < -0.4 is 11.1 Å². The summed E-state index contributed by atoms with van der Waals surface area (Å²) in [6.45, 7) is 0.572. The summed E-state index contributed by atoms with van der Waals surface area (Å²) in [5.74, 6) is 0.996. The summed E-state index contributed by atoms with van der Waals surface area (Å²) in [6.07, 6.45) is 1.45. The highest BCUT2D eigenvalue weighted by molar-refractivity contribution is 8.01. The number of amides is 1. The van der Waals surface area contributed by atoms with Crippen molar-refractivity contribution in [2.75, 3.05) is 23.8 Å². The molecule has 0 aliphatic rings. The van der Waals surface area contributed by atoms with Crippen LogP contribution in [-0.2, 0) is 4.79 Å². The number of aromatic amines is 1. The van der Waals surface area contributed by atoms with Crippen LogP contribution >= 0.6 is 34.9 Å². The summed E-state index contributed by atoms with van der Waals surface area (Å²) >= 11 is 4.09. The third-order valence-electron chi connectivity index (χ3n) is 1.80. The topological polar surface area (TPSA) is 122 Å². The number of nitrogen functional groups attached to an aromatic ring is 1. The Morgan fingerprint density at radius 3 is 3.05 bits per heavy atom. The Hall–Kier alpha value is -1.33. The van der Waals surface area contributed by atoms with Crippen LogP contribution in [0.4, 0.5) is 5.13 Å². The molecule has 11 heteroatoms. The van der Waals surface area contributed by atoms with E-state index in [2.05, 4.69) is 30.7 Å². The lowest BCUT2D eigenvalue weighted by molar-refractivity contribution is -0.118. The van der Waals surface area contributed by atoms with Crippen molar-refractivity contribution in [3.63, 3.8) is 0 Å². The molecule has 4 N–H and O–H groups in total. The van der Waals surface area contributed by atoms with Crippen molar-refractivity contribution in [1.29, 1.82) is 0 Å². The minimum absolute atomic E-state index is 0.0445. The van der Waals surface area contributed by atoms with Gasteiger partial charge in [0.25, 0.3) is 0 Å². The van der Waals surface area contributed by atoms with E-state index in [-0.39, 0.29) is 5.91 Å². The van der Waals surface area contributed by atoms with Gasteiger partial charge in [-0.05, 0) is 0 Å². The van der Waals surface area contributed by atoms with Gasteiger partial charge in [0.15, 0.2) is 9.50 Å². The molecule has 0 radical (unpaired) electrons. The smallest absolute Gasteiger partial charge is 0.230 e. The van der Waals surface area contributed by atoms with E-state index in [1.807, 2.05) is 0 Å². The first-order valence-corrected chi connectivity index (χ1v) is 7.99. The maximum atomic E-state index is 11.5. The monoisotopic (exact) mass is 317 g/mol. The molecule has 0 saturated carbocycles. The fourth-order valence-electron chi connectivity index (χ4n) is 1.06. The van der Waals surface area contributed by atoms with Crippen molar-refractivity contribution in [1.82, 2.24) is 30.7 Å². The van der Waals surface area contributed by atoms with Crippen LogP contribution in [0.3, 0.4) is 0 Å². The number of carbonyl (C=O) groups excluding carboxylic acids is 1. The summed E-state index contributed by atoms with van der Waals surface area (Å²) in [5, 5.41) is 17.9. The number of nitrogens with zero attached hydrogens (tertiary/aromatic N) is 4. The first-order valence-electron chi connectivity index (χ1n) is 5.20. The summed E-state index contributed by atoms with van der Waals surface area (Å²) in [6, 6.07) is 0. The largest absolute Gasteiger partial charge is 0.374 e. The maximum absolute atomic E-state index is 11.5. The van der Waals surface area contributed by atoms with Gasteiger partial charge in [-0.2, -0.15) is 5.10 Å². The highest BCUT2D eigenvalue weighted by Crippen LogP contribution is 2.22. The van der Waals surface area contributed by atoms with E-state index < -0.39 is 0 Å². The van der Waals surface area contributed by atoms with Crippen LogP contribution in [0.25, 0.3) is 0 Å². The van der Waals surface area contributed by atoms with Gasteiger partial charge in [0, 0.05) is 12.3 Å². The third kappa shape index (κ3) is 5.04. The van der Waals surface area contributed by atoms with Gasteiger partial charge in [-0.1, -0.05) is 34.9 Å². The average Bonchev–Trinajstić information content (AvgIpc) is 3.03. The highest BCUT2D eigenvalue weighted by atomic mass is 32.2. The molecular formula is C8H11N7OS3. The predicted molar refractivity (Wildman–Crippen MR) is 75.2 cm³/mol. The summed E-state index contributed by atoms with van der Waals surface area (Å²) in [5.41, 5.74) is 5.44. The zero-order valence-corrected chi connectivity index (χ0v) is 12.1. The first kappa shape index (κ1) is 14.1. The molecule has 0 bridgehead atoms. The van der Waals surface area contributed by atoms with Crippen molar-refractivity contribution in [3.8, 4) is 0 Å². The Bertz CT molecular complexity index is 514. The van der Waals surface area contributed by atoms with Crippen molar-refractivity contribution >= 4 is 45.9 Å². The number of anilines is 1. The molecule has 1 amide bonds. The zero-order valence-electron chi connectivity index (χ0n) is 9.70. The standard InChI is InChI=1S/C8H11N7OS3/c9-6-13-15-8(19-6)18-3-5(16)10-1-2-17-7-11-4-12-14-7/h4H,1-3H2,(H2,9,13)(H,10,16)(H,11,12,14).